The second-order valence-corrected chi connectivity index (χ2v) is 7.24. The molecule has 20 heavy (non-hydrogen) atoms. The molecule has 0 aliphatic heterocycles. The lowest BCUT2D eigenvalue weighted by Gasteiger charge is -2.29. The van der Waals surface area contributed by atoms with Gasteiger partial charge in [0, 0.05) is 31.4 Å². The van der Waals surface area contributed by atoms with Crippen molar-refractivity contribution in [1.29, 1.82) is 0 Å². The van der Waals surface area contributed by atoms with E-state index in [-0.39, 0.29) is 5.54 Å². The molecule has 4 heteroatoms. The lowest BCUT2D eigenvalue weighted by atomic mass is 10.1. The molecule has 1 rings (SSSR count). The number of nitrogens with one attached hydrogen (secondary N) is 1. The number of pyridine rings is 1. The molecule has 0 bridgehead atoms. The van der Waals surface area contributed by atoms with Crippen LogP contribution in [0.4, 0.5) is 5.82 Å². The summed E-state index contributed by atoms with van der Waals surface area (Å²) in [5, 5.41) is 4.18. The highest BCUT2D eigenvalue weighted by Gasteiger charge is 2.16. The number of aromatic nitrogens is 1. The van der Waals surface area contributed by atoms with Crippen molar-refractivity contribution in [3.05, 3.63) is 22.8 Å². The summed E-state index contributed by atoms with van der Waals surface area (Å²) in [5.41, 5.74) is 1.17. The Kier molecular flexibility index (Phi) is 5.84. The molecule has 0 aliphatic rings. The molecule has 0 saturated carbocycles. The standard InChI is InChI=1S/C16H28ClN3/c1-11(2)12(3)20(7)15-8-13(14(17)10-18-15)9-19-16(4,5)6/h8,10-12,19H,9H2,1-7H3. The van der Waals surface area contributed by atoms with Gasteiger partial charge in [0.2, 0.25) is 0 Å². The van der Waals surface area contributed by atoms with Gasteiger partial charge >= 0.3 is 0 Å². The summed E-state index contributed by atoms with van der Waals surface area (Å²) in [6.45, 7) is 13.9. The molecule has 114 valence electrons. The van der Waals surface area contributed by atoms with E-state index in [2.05, 4.69) is 69.9 Å². The molecule has 1 N–H and O–H groups in total. The van der Waals surface area contributed by atoms with Crippen LogP contribution >= 0.6 is 11.6 Å². The third kappa shape index (κ3) is 4.95. The van der Waals surface area contributed by atoms with Gasteiger partial charge < -0.3 is 10.2 Å². The van der Waals surface area contributed by atoms with Crippen molar-refractivity contribution < 1.29 is 0 Å². The van der Waals surface area contributed by atoms with Crippen LogP contribution in [0.1, 0.15) is 47.1 Å². The predicted octanol–water partition coefficient (Wildman–Crippen LogP) is 4.10. The van der Waals surface area contributed by atoms with Gasteiger partial charge in [0.1, 0.15) is 5.82 Å². The monoisotopic (exact) mass is 297 g/mol. The number of rotatable bonds is 5. The third-order valence-electron chi connectivity index (χ3n) is 3.67. The topological polar surface area (TPSA) is 28.2 Å². The first-order chi connectivity index (χ1) is 9.11. The lowest BCUT2D eigenvalue weighted by molar-refractivity contribution is 0.424. The Hall–Kier alpha value is -0.800. The van der Waals surface area contributed by atoms with Crippen LogP contribution in [0.25, 0.3) is 0 Å². The van der Waals surface area contributed by atoms with Crippen molar-refractivity contribution in [2.45, 2.75) is 59.7 Å². The van der Waals surface area contributed by atoms with Crippen LogP contribution in [0.5, 0.6) is 0 Å². The van der Waals surface area contributed by atoms with Crippen molar-refractivity contribution in [3.63, 3.8) is 0 Å². The fraction of sp³-hybridized carbons (Fsp3) is 0.688. The van der Waals surface area contributed by atoms with Crippen molar-refractivity contribution in [3.8, 4) is 0 Å². The Morgan fingerprint density at radius 1 is 1.30 bits per heavy atom. The van der Waals surface area contributed by atoms with E-state index < -0.39 is 0 Å². The molecule has 0 spiro atoms. The van der Waals surface area contributed by atoms with E-state index in [1.165, 1.54) is 0 Å². The molecule has 1 unspecified atom stereocenters. The summed E-state index contributed by atoms with van der Waals surface area (Å²) in [7, 11) is 2.09. The molecular formula is C16H28ClN3. The number of nitrogens with zero attached hydrogens (tertiary/aromatic N) is 2. The number of anilines is 1. The summed E-state index contributed by atoms with van der Waals surface area (Å²) >= 11 is 6.25. The van der Waals surface area contributed by atoms with Gasteiger partial charge in [-0.1, -0.05) is 25.4 Å². The molecule has 0 radical (unpaired) electrons. The highest BCUT2D eigenvalue weighted by Crippen LogP contribution is 2.23. The van der Waals surface area contributed by atoms with E-state index in [0.29, 0.717) is 12.0 Å². The fourth-order valence-electron chi connectivity index (χ4n) is 1.81. The lowest BCUT2D eigenvalue weighted by Crippen LogP contribution is -2.36. The second-order valence-electron chi connectivity index (χ2n) is 6.83. The normalized spacial score (nSPS) is 13.7. The summed E-state index contributed by atoms with van der Waals surface area (Å²) < 4.78 is 0. The maximum Gasteiger partial charge on any atom is 0.128 e. The summed E-state index contributed by atoms with van der Waals surface area (Å²) in [6, 6.07) is 2.52. The molecule has 1 aromatic heterocycles. The fourth-order valence-corrected chi connectivity index (χ4v) is 1.98. The maximum atomic E-state index is 6.25. The second kappa shape index (κ2) is 6.77. The average molecular weight is 298 g/mol. The van der Waals surface area contributed by atoms with Gasteiger partial charge in [-0.3, -0.25) is 0 Å². The van der Waals surface area contributed by atoms with Gasteiger partial charge in [-0.2, -0.15) is 0 Å². The number of halogens is 1. The van der Waals surface area contributed by atoms with Gasteiger partial charge in [-0.05, 0) is 45.2 Å². The van der Waals surface area contributed by atoms with Crippen molar-refractivity contribution in [2.75, 3.05) is 11.9 Å². The molecule has 3 nitrogen and oxygen atoms in total. The Balaban J connectivity index is 2.91. The quantitative estimate of drug-likeness (QED) is 0.887. The first-order valence-corrected chi connectivity index (χ1v) is 7.62. The zero-order valence-corrected chi connectivity index (χ0v) is 14.5. The molecule has 1 aromatic rings. The van der Waals surface area contributed by atoms with Crippen LogP contribution < -0.4 is 10.2 Å². The largest absolute Gasteiger partial charge is 0.357 e. The van der Waals surface area contributed by atoms with E-state index in [0.717, 1.165) is 22.9 Å². The van der Waals surface area contributed by atoms with E-state index in [4.69, 9.17) is 11.6 Å². The Morgan fingerprint density at radius 3 is 2.40 bits per heavy atom. The van der Waals surface area contributed by atoms with E-state index in [1.807, 2.05) is 0 Å². The molecule has 0 saturated heterocycles. The highest BCUT2D eigenvalue weighted by atomic mass is 35.5. The molecule has 0 aromatic carbocycles. The van der Waals surface area contributed by atoms with Crippen molar-refractivity contribution in [1.82, 2.24) is 10.3 Å². The van der Waals surface area contributed by atoms with E-state index >= 15 is 0 Å². The zero-order valence-electron chi connectivity index (χ0n) is 13.8. The minimum absolute atomic E-state index is 0.0733. The van der Waals surface area contributed by atoms with Gasteiger partial charge in [-0.25, -0.2) is 4.98 Å². The SMILES string of the molecule is CC(C)C(C)N(C)c1cc(CNC(C)(C)C)c(Cl)cn1. The number of hydrogen-bond donors (Lipinski definition) is 1. The van der Waals surface area contributed by atoms with Gasteiger partial charge in [0.15, 0.2) is 0 Å². The minimum atomic E-state index is 0.0733. The van der Waals surface area contributed by atoms with Gasteiger partial charge in [0.25, 0.3) is 0 Å². The summed E-state index contributed by atoms with van der Waals surface area (Å²) in [5.74, 6) is 1.55. The van der Waals surface area contributed by atoms with Gasteiger partial charge in [0.05, 0.1) is 5.02 Å². The minimum Gasteiger partial charge on any atom is -0.357 e. The summed E-state index contributed by atoms with van der Waals surface area (Å²) in [6.07, 6.45) is 1.75. The van der Waals surface area contributed by atoms with Crippen LogP contribution in [0.15, 0.2) is 12.3 Å². The molecule has 1 heterocycles. The van der Waals surface area contributed by atoms with Crippen LogP contribution in [0, 0.1) is 5.92 Å². The first-order valence-electron chi connectivity index (χ1n) is 7.24. The van der Waals surface area contributed by atoms with Gasteiger partial charge in [-0.15, -0.1) is 0 Å². The Bertz CT molecular complexity index is 438. The number of hydrogen-bond acceptors (Lipinski definition) is 3. The zero-order chi connectivity index (χ0) is 15.5. The maximum absolute atomic E-state index is 6.25. The van der Waals surface area contributed by atoms with Crippen LogP contribution in [-0.2, 0) is 6.54 Å². The predicted molar refractivity (Wildman–Crippen MR) is 88.5 cm³/mol. The van der Waals surface area contributed by atoms with Crippen LogP contribution in [-0.4, -0.2) is 23.6 Å². The molecule has 0 aliphatic carbocycles. The van der Waals surface area contributed by atoms with E-state index in [1.54, 1.807) is 6.20 Å². The Labute approximate surface area is 128 Å². The molecule has 1 atom stereocenters. The summed E-state index contributed by atoms with van der Waals surface area (Å²) in [4.78, 5) is 6.66. The van der Waals surface area contributed by atoms with Crippen molar-refractivity contribution in [2.24, 2.45) is 5.92 Å². The molecule has 0 amide bonds. The third-order valence-corrected chi connectivity index (χ3v) is 4.01. The smallest absolute Gasteiger partial charge is 0.128 e. The first kappa shape index (κ1) is 17.3. The van der Waals surface area contributed by atoms with Crippen LogP contribution in [0.2, 0.25) is 5.02 Å². The van der Waals surface area contributed by atoms with E-state index in [9.17, 15) is 0 Å². The Morgan fingerprint density at radius 2 is 1.90 bits per heavy atom. The average Bonchev–Trinajstić information content (AvgIpc) is 2.35. The van der Waals surface area contributed by atoms with Crippen molar-refractivity contribution >= 4 is 17.4 Å². The highest BCUT2D eigenvalue weighted by molar-refractivity contribution is 6.31. The molecular weight excluding hydrogens is 270 g/mol. The molecule has 0 fully saturated rings. The van der Waals surface area contributed by atoms with Crippen LogP contribution in [0.3, 0.4) is 0 Å².